The number of carbonyl (C=O) groups excluding carboxylic acids is 1. The first-order valence-electron chi connectivity index (χ1n) is 10.4. The van der Waals surface area contributed by atoms with Crippen molar-refractivity contribution in [3.8, 4) is 11.5 Å². The van der Waals surface area contributed by atoms with Crippen LogP contribution in [0.2, 0.25) is 0 Å². The fraction of sp³-hybridized carbons (Fsp3) is 0.500. The highest BCUT2D eigenvalue weighted by Crippen LogP contribution is 2.44. The Morgan fingerprint density at radius 2 is 1.79 bits per heavy atom. The lowest BCUT2D eigenvalue weighted by atomic mass is 9.64. The highest BCUT2D eigenvalue weighted by molar-refractivity contribution is 7.12. The fourth-order valence-electron chi connectivity index (χ4n) is 5.79. The third-order valence-corrected chi connectivity index (χ3v) is 7.88. The Kier molecular flexibility index (Phi) is 4.11. The molecule has 4 saturated heterocycles. The van der Waals surface area contributed by atoms with Crippen LogP contribution in [0.5, 0.6) is 11.5 Å². The first-order chi connectivity index (χ1) is 14.2. The number of amides is 1. The van der Waals surface area contributed by atoms with Crippen molar-refractivity contribution in [2.24, 2.45) is 5.92 Å². The second-order valence-electron chi connectivity index (χ2n) is 8.66. The van der Waals surface area contributed by atoms with E-state index in [4.69, 9.17) is 9.47 Å². The van der Waals surface area contributed by atoms with E-state index in [2.05, 4.69) is 45.4 Å². The fourth-order valence-corrected chi connectivity index (χ4v) is 6.63. The van der Waals surface area contributed by atoms with Gasteiger partial charge >= 0.3 is 0 Å². The molecule has 6 heterocycles. The molecule has 7 heteroatoms. The Hall–Kier alpha value is -2.09. The Balaban J connectivity index is 1.37. The van der Waals surface area contributed by atoms with Crippen molar-refractivity contribution in [2.75, 3.05) is 52.5 Å². The summed E-state index contributed by atoms with van der Waals surface area (Å²) in [6, 6.07) is 10.9. The summed E-state index contributed by atoms with van der Waals surface area (Å²) in [4.78, 5) is 19.2. The third-order valence-electron chi connectivity index (χ3n) is 6.94. The molecule has 2 aromatic rings. The normalized spacial score (nSPS) is 34.6. The van der Waals surface area contributed by atoms with Crippen molar-refractivity contribution in [3.63, 3.8) is 0 Å². The van der Waals surface area contributed by atoms with E-state index in [0.29, 0.717) is 35.5 Å². The molecule has 6 nitrogen and oxygen atoms in total. The van der Waals surface area contributed by atoms with Gasteiger partial charge in [0.2, 0.25) is 0 Å². The van der Waals surface area contributed by atoms with Gasteiger partial charge in [0.1, 0.15) is 18.1 Å². The maximum absolute atomic E-state index is 13.4. The summed E-state index contributed by atoms with van der Waals surface area (Å²) < 4.78 is 11.4. The van der Waals surface area contributed by atoms with Gasteiger partial charge in [-0.15, -0.1) is 11.3 Å². The molecule has 0 aliphatic carbocycles. The smallest absolute Gasteiger partial charge is 0.265 e. The molecule has 2 unspecified atom stereocenters. The van der Waals surface area contributed by atoms with Crippen LogP contribution in [-0.4, -0.2) is 74.2 Å². The van der Waals surface area contributed by atoms with Crippen LogP contribution in [0.1, 0.15) is 15.2 Å². The summed E-state index contributed by atoms with van der Waals surface area (Å²) in [7, 11) is 0. The minimum Gasteiger partial charge on any atom is -0.485 e. The topological polar surface area (TPSA) is 54.0 Å². The largest absolute Gasteiger partial charge is 0.485 e. The molecule has 5 aliphatic heterocycles. The Bertz CT molecular complexity index is 915. The predicted molar refractivity (Wildman–Crippen MR) is 111 cm³/mol. The van der Waals surface area contributed by atoms with Crippen LogP contribution >= 0.6 is 11.3 Å². The molecular weight excluding hydrogens is 386 g/mol. The summed E-state index contributed by atoms with van der Waals surface area (Å²) >= 11 is 1.42. The summed E-state index contributed by atoms with van der Waals surface area (Å²) in [5, 5.41) is 5.35. The van der Waals surface area contributed by atoms with Crippen LogP contribution in [0.15, 0.2) is 35.7 Å². The summed E-state index contributed by atoms with van der Waals surface area (Å²) in [6.07, 6.45) is 0. The number of hydrogen-bond acceptors (Lipinski definition) is 6. The number of carbonyl (C=O) groups is 1. The Labute approximate surface area is 174 Å². The van der Waals surface area contributed by atoms with Gasteiger partial charge in [0.05, 0.1) is 0 Å². The number of benzene rings is 1. The van der Waals surface area contributed by atoms with Gasteiger partial charge in [0.25, 0.3) is 5.91 Å². The standard InChI is InChI=1S/C22H25N3O3S/c26-21(19-18-17(12-29-19)27-8-9-28-18)23-20-15-10-24-6-7-25(11-15)14-22(20,13-24)16-4-2-1-3-5-16/h1-5,12,15,20H,6-11,13-14H2,(H,23,26)/t15?,20-,22?/m0/s1. The van der Waals surface area contributed by atoms with E-state index >= 15 is 0 Å². The van der Waals surface area contributed by atoms with Gasteiger partial charge in [-0.25, -0.2) is 0 Å². The van der Waals surface area contributed by atoms with E-state index in [0.717, 1.165) is 39.3 Å². The maximum Gasteiger partial charge on any atom is 0.265 e. The van der Waals surface area contributed by atoms with Crippen LogP contribution in [0.3, 0.4) is 0 Å². The second-order valence-corrected chi connectivity index (χ2v) is 9.54. The number of ether oxygens (including phenoxy) is 2. The zero-order chi connectivity index (χ0) is 19.4. The first kappa shape index (κ1) is 17.7. The zero-order valence-electron chi connectivity index (χ0n) is 16.3. The first-order valence-corrected chi connectivity index (χ1v) is 11.3. The molecule has 5 aliphatic rings. The van der Waals surface area contributed by atoms with E-state index in [1.54, 1.807) is 0 Å². The van der Waals surface area contributed by atoms with Gasteiger partial charge in [-0.1, -0.05) is 30.3 Å². The average Bonchev–Trinajstić information content (AvgIpc) is 3.02. The number of piperidine rings is 2. The van der Waals surface area contributed by atoms with Crippen LogP contribution in [0.4, 0.5) is 0 Å². The molecule has 0 saturated carbocycles. The lowest BCUT2D eigenvalue weighted by Crippen LogP contribution is -2.70. The van der Waals surface area contributed by atoms with Crippen LogP contribution in [-0.2, 0) is 5.41 Å². The minimum atomic E-state index is -0.0801. The molecule has 1 aromatic heterocycles. The third kappa shape index (κ3) is 2.79. The maximum atomic E-state index is 13.4. The number of rotatable bonds is 3. The molecule has 4 fully saturated rings. The quantitative estimate of drug-likeness (QED) is 0.835. The number of thiophene rings is 1. The van der Waals surface area contributed by atoms with Crippen molar-refractivity contribution in [2.45, 2.75) is 11.5 Å². The number of nitrogens with zero attached hydrogens (tertiary/aromatic N) is 2. The van der Waals surface area contributed by atoms with Crippen molar-refractivity contribution >= 4 is 17.2 Å². The number of hydrogen-bond donors (Lipinski definition) is 1. The zero-order valence-corrected chi connectivity index (χ0v) is 17.1. The van der Waals surface area contributed by atoms with Crippen molar-refractivity contribution < 1.29 is 14.3 Å². The molecule has 1 amide bonds. The molecular formula is C22H25N3O3S. The van der Waals surface area contributed by atoms with Gasteiger partial charge < -0.3 is 24.6 Å². The number of fused-ring (bicyclic) bond motifs is 2. The Morgan fingerprint density at radius 1 is 1.07 bits per heavy atom. The van der Waals surface area contributed by atoms with Gasteiger partial charge in [0, 0.05) is 62.0 Å². The monoisotopic (exact) mass is 411 g/mol. The molecule has 4 bridgehead atoms. The van der Waals surface area contributed by atoms with Gasteiger partial charge in [-0.2, -0.15) is 0 Å². The SMILES string of the molecule is O=C(N[C@H]1C2CN3CCN(C2)CC1(c1ccccc1)C3)c1scc2c1OCCO2. The summed E-state index contributed by atoms with van der Waals surface area (Å²) in [6.45, 7) is 7.38. The van der Waals surface area contributed by atoms with Gasteiger partial charge in [0.15, 0.2) is 11.5 Å². The van der Waals surface area contributed by atoms with Crippen molar-refractivity contribution in [1.29, 1.82) is 0 Å². The molecule has 0 radical (unpaired) electrons. The van der Waals surface area contributed by atoms with Gasteiger partial charge in [-0.3, -0.25) is 4.79 Å². The average molecular weight is 412 g/mol. The van der Waals surface area contributed by atoms with E-state index < -0.39 is 0 Å². The minimum absolute atomic E-state index is 0.0294. The lowest BCUT2D eigenvalue weighted by Gasteiger charge is -2.55. The van der Waals surface area contributed by atoms with Crippen LogP contribution in [0, 0.1) is 5.92 Å². The summed E-state index contributed by atoms with van der Waals surface area (Å²) in [5.41, 5.74) is 1.25. The van der Waals surface area contributed by atoms with Crippen LogP contribution in [0.25, 0.3) is 0 Å². The molecule has 3 atom stereocenters. The lowest BCUT2D eigenvalue weighted by molar-refractivity contribution is 0.0180. The molecule has 29 heavy (non-hydrogen) atoms. The Morgan fingerprint density at radius 3 is 2.55 bits per heavy atom. The van der Waals surface area contributed by atoms with Crippen molar-refractivity contribution in [1.82, 2.24) is 15.1 Å². The number of nitrogens with one attached hydrogen (secondary N) is 1. The second kappa shape index (κ2) is 6.72. The molecule has 0 spiro atoms. The van der Waals surface area contributed by atoms with E-state index in [1.807, 2.05) is 5.38 Å². The predicted octanol–water partition coefficient (Wildman–Crippen LogP) is 1.82. The molecule has 1 N–H and O–H groups in total. The van der Waals surface area contributed by atoms with E-state index in [1.165, 1.54) is 16.9 Å². The summed E-state index contributed by atoms with van der Waals surface area (Å²) in [5.74, 6) is 1.71. The highest BCUT2D eigenvalue weighted by atomic mass is 32.1. The molecule has 152 valence electrons. The molecule has 7 rings (SSSR count). The van der Waals surface area contributed by atoms with Crippen LogP contribution < -0.4 is 14.8 Å². The molecule has 1 aromatic carbocycles. The van der Waals surface area contributed by atoms with E-state index in [9.17, 15) is 4.79 Å². The van der Waals surface area contributed by atoms with Crippen molar-refractivity contribution in [3.05, 3.63) is 46.2 Å². The van der Waals surface area contributed by atoms with E-state index in [-0.39, 0.29) is 17.4 Å². The highest BCUT2D eigenvalue weighted by Gasteiger charge is 2.55. The van der Waals surface area contributed by atoms with Gasteiger partial charge in [-0.05, 0) is 5.56 Å².